The maximum Gasteiger partial charge on any atom is 0.0616 e. The molecule has 1 N–H and O–H groups in total. The van der Waals surface area contributed by atoms with Crippen LogP contribution in [0.25, 0.3) is 0 Å². The van der Waals surface area contributed by atoms with E-state index in [9.17, 15) is 0 Å². The molecule has 0 aromatic heterocycles. The third kappa shape index (κ3) is 7.77. The van der Waals surface area contributed by atoms with Gasteiger partial charge in [-0.1, -0.05) is 0 Å². The molecule has 1 rings (SSSR count). The lowest BCUT2D eigenvalue weighted by Gasteiger charge is -2.13. The van der Waals surface area contributed by atoms with Gasteiger partial charge in [0.25, 0.3) is 0 Å². The molecule has 0 aliphatic heterocycles. The monoisotopic (exact) mass is 215 g/mol. The first-order chi connectivity index (χ1) is 7.33. The van der Waals surface area contributed by atoms with Crippen LogP contribution in [-0.2, 0) is 9.47 Å². The minimum Gasteiger partial charge on any atom is -0.381 e. The Balaban J connectivity index is 1.74. The van der Waals surface area contributed by atoms with Gasteiger partial charge in [-0.25, -0.2) is 0 Å². The van der Waals surface area contributed by atoms with Crippen LogP contribution in [0.5, 0.6) is 0 Å². The molecule has 1 aliphatic carbocycles. The summed E-state index contributed by atoms with van der Waals surface area (Å²) < 4.78 is 10.9. The Morgan fingerprint density at radius 3 is 2.80 bits per heavy atom. The lowest BCUT2D eigenvalue weighted by atomic mass is 10.3. The molecule has 0 bridgehead atoms. The summed E-state index contributed by atoms with van der Waals surface area (Å²) in [6.07, 6.45) is 3.86. The second-order valence-electron chi connectivity index (χ2n) is 4.39. The van der Waals surface area contributed by atoms with E-state index in [0.717, 1.165) is 45.3 Å². The molecule has 15 heavy (non-hydrogen) atoms. The molecular weight excluding hydrogens is 190 g/mol. The van der Waals surface area contributed by atoms with Crippen LogP contribution in [0.3, 0.4) is 0 Å². The van der Waals surface area contributed by atoms with Crippen molar-refractivity contribution in [2.75, 3.05) is 33.0 Å². The number of rotatable bonds is 10. The van der Waals surface area contributed by atoms with Crippen LogP contribution in [0.2, 0.25) is 0 Å². The lowest BCUT2D eigenvalue weighted by molar-refractivity contribution is 0.113. The lowest BCUT2D eigenvalue weighted by Crippen LogP contribution is -2.31. The first-order valence-electron chi connectivity index (χ1n) is 6.21. The van der Waals surface area contributed by atoms with E-state index in [4.69, 9.17) is 9.47 Å². The Bertz CT molecular complexity index is 149. The third-order valence-corrected chi connectivity index (χ3v) is 2.58. The number of nitrogens with one attached hydrogen (secondary N) is 1. The van der Waals surface area contributed by atoms with Crippen LogP contribution in [-0.4, -0.2) is 39.0 Å². The quantitative estimate of drug-likeness (QED) is 0.564. The van der Waals surface area contributed by atoms with Gasteiger partial charge in [0.1, 0.15) is 0 Å². The van der Waals surface area contributed by atoms with Crippen LogP contribution in [0.4, 0.5) is 0 Å². The van der Waals surface area contributed by atoms with Gasteiger partial charge in [0.05, 0.1) is 6.61 Å². The van der Waals surface area contributed by atoms with E-state index < -0.39 is 0 Å². The average molecular weight is 215 g/mol. The summed E-state index contributed by atoms with van der Waals surface area (Å²) in [6.45, 7) is 8.69. The Labute approximate surface area is 93.5 Å². The predicted octanol–water partition coefficient (Wildman–Crippen LogP) is 1.82. The zero-order valence-corrected chi connectivity index (χ0v) is 10.1. The van der Waals surface area contributed by atoms with Gasteiger partial charge in [0.15, 0.2) is 0 Å². The van der Waals surface area contributed by atoms with Crippen molar-refractivity contribution in [1.82, 2.24) is 5.32 Å². The molecule has 1 unspecified atom stereocenters. The highest BCUT2D eigenvalue weighted by Gasteiger charge is 2.20. The van der Waals surface area contributed by atoms with Gasteiger partial charge in [-0.2, -0.15) is 0 Å². The fraction of sp³-hybridized carbons (Fsp3) is 1.00. The van der Waals surface area contributed by atoms with Gasteiger partial charge in [0.2, 0.25) is 0 Å². The summed E-state index contributed by atoms with van der Waals surface area (Å²) in [5.74, 6) is 0.884. The maximum absolute atomic E-state index is 5.55. The molecule has 0 heterocycles. The minimum absolute atomic E-state index is 0.452. The molecule has 1 aliphatic rings. The van der Waals surface area contributed by atoms with Gasteiger partial charge in [0, 0.05) is 25.9 Å². The average Bonchev–Trinajstić information content (AvgIpc) is 3.04. The highest BCUT2D eigenvalue weighted by atomic mass is 16.5. The fourth-order valence-corrected chi connectivity index (χ4v) is 1.41. The van der Waals surface area contributed by atoms with Crippen LogP contribution >= 0.6 is 0 Å². The first-order valence-corrected chi connectivity index (χ1v) is 6.21. The van der Waals surface area contributed by atoms with Crippen LogP contribution in [0.15, 0.2) is 0 Å². The van der Waals surface area contributed by atoms with Crippen LogP contribution in [0.1, 0.15) is 33.1 Å². The minimum atomic E-state index is 0.452. The smallest absolute Gasteiger partial charge is 0.0616 e. The molecule has 3 nitrogen and oxygen atoms in total. The van der Waals surface area contributed by atoms with Gasteiger partial charge < -0.3 is 14.8 Å². The number of ether oxygens (including phenoxy) is 2. The van der Waals surface area contributed by atoms with Crippen molar-refractivity contribution in [3.05, 3.63) is 0 Å². The molecule has 0 aromatic carbocycles. The normalized spacial score (nSPS) is 18.0. The van der Waals surface area contributed by atoms with Gasteiger partial charge in [-0.3, -0.25) is 0 Å². The SMILES string of the molecule is CCOCC(C)NCCCOCC1CC1. The first kappa shape index (κ1) is 12.9. The predicted molar refractivity (Wildman–Crippen MR) is 62.1 cm³/mol. The molecule has 1 fully saturated rings. The summed E-state index contributed by atoms with van der Waals surface area (Å²) >= 11 is 0. The Hall–Kier alpha value is -0.120. The van der Waals surface area contributed by atoms with Crippen LogP contribution < -0.4 is 5.32 Å². The van der Waals surface area contributed by atoms with Gasteiger partial charge >= 0.3 is 0 Å². The van der Waals surface area contributed by atoms with Gasteiger partial charge in [-0.15, -0.1) is 0 Å². The number of hydrogen-bond donors (Lipinski definition) is 1. The van der Waals surface area contributed by atoms with E-state index in [1.54, 1.807) is 0 Å². The highest BCUT2D eigenvalue weighted by molar-refractivity contribution is 4.71. The summed E-state index contributed by atoms with van der Waals surface area (Å²) in [5, 5.41) is 3.42. The summed E-state index contributed by atoms with van der Waals surface area (Å²) in [7, 11) is 0. The Kier molecular flexibility index (Phi) is 6.98. The number of hydrogen-bond acceptors (Lipinski definition) is 3. The Morgan fingerprint density at radius 2 is 2.13 bits per heavy atom. The molecular formula is C12H25NO2. The largest absolute Gasteiger partial charge is 0.381 e. The second kappa shape index (κ2) is 8.08. The van der Waals surface area contributed by atoms with Crippen molar-refractivity contribution in [2.24, 2.45) is 5.92 Å². The molecule has 0 spiro atoms. The van der Waals surface area contributed by atoms with E-state index in [0.29, 0.717) is 6.04 Å². The molecule has 1 saturated carbocycles. The van der Waals surface area contributed by atoms with E-state index in [2.05, 4.69) is 12.2 Å². The third-order valence-electron chi connectivity index (χ3n) is 2.58. The molecule has 0 radical (unpaired) electrons. The Morgan fingerprint density at radius 1 is 1.33 bits per heavy atom. The van der Waals surface area contributed by atoms with Crippen molar-refractivity contribution >= 4 is 0 Å². The van der Waals surface area contributed by atoms with Gasteiger partial charge in [-0.05, 0) is 45.6 Å². The van der Waals surface area contributed by atoms with Crippen molar-refractivity contribution in [2.45, 2.75) is 39.2 Å². The summed E-state index contributed by atoms with van der Waals surface area (Å²) in [4.78, 5) is 0. The zero-order chi connectivity index (χ0) is 10.9. The van der Waals surface area contributed by atoms with Crippen molar-refractivity contribution in [3.8, 4) is 0 Å². The van der Waals surface area contributed by atoms with Crippen LogP contribution in [0, 0.1) is 5.92 Å². The molecule has 3 heteroatoms. The standard InChI is InChI=1S/C12H25NO2/c1-3-14-9-11(2)13-7-4-8-15-10-12-5-6-12/h11-13H,3-10H2,1-2H3. The summed E-state index contributed by atoms with van der Waals surface area (Å²) in [6, 6.07) is 0.452. The van der Waals surface area contributed by atoms with E-state index in [1.807, 2.05) is 6.92 Å². The maximum atomic E-state index is 5.55. The molecule has 0 saturated heterocycles. The fourth-order valence-electron chi connectivity index (χ4n) is 1.41. The molecule has 90 valence electrons. The molecule has 0 aromatic rings. The van der Waals surface area contributed by atoms with E-state index >= 15 is 0 Å². The van der Waals surface area contributed by atoms with Crippen molar-refractivity contribution < 1.29 is 9.47 Å². The zero-order valence-electron chi connectivity index (χ0n) is 10.1. The van der Waals surface area contributed by atoms with Crippen molar-refractivity contribution in [3.63, 3.8) is 0 Å². The highest BCUT2D eigenvalue weighted by Crippen LogP contribution is 2.28. The molecule has 0 amide bonds. The second-order valence-corrected chi connectivity index (χ2v) is 4.39. The summed E-state index contributed by atoms with van der Waals surface area (Å²) in [5.41, 5.74) is 0. The van der Waals surface area contributed by atoms with Crippen molar-refractivity contribution in [1.29, 1.82) is 0 Å². The van der Waals surface area contributed by atoms with E-state index in [-0.39, 0.29) is 0 Å². The van der Waals surface area contributed by atoms with E-state index in [1.165, 1.54) is 12.8 Å². The topological polar surface area (TPSA) is 30.5 Å². The molecule has 1 atom stereocenters.